The van der Waals surface area contributed by atoms with Crippen molar-refractivity contribution in [2.45, 2.75) is 46.1 Å². The fourth-order valence-electron chi connectivity index (χ4n) is 2.11. The van der Waals surface area contributed by atoms with Gasteiger partial charge in [-0.2, -0.15) is 0 Å². The maximum absolute atomic E-state index is 9.65. The van der Waals surface area contributed by atoms with Crippen molar-refractivity contribution in [3.05, 3.63) is 0 Å². The molecule has 0 amide bonds. The summed E-state index contributed by atoms with van der Waals surface area (Å²) in [6.45, 7) is 6.65. The molecule has 0 bridgehead atoms. The van der Waals surface area contributed by atoms with E-state index in [4.69, 9.17) is 0 Å². The lowest BCUT2D eigenvalue weighted by Crippen LogP contribution is -2.33. The zero-order valence-corrected chi connectivity index (χ0v) is 7.88. The lowest BCUT2D eigenvalue weighted by atomic mass is 9.73. The van der Waals surface area contributed by atoms with Crippen LogP contribution in [-0.2, 0) is 0 Å². The van der Waals surface area contributed by atoms with Crippen molar-refractivity contribution in [1.29, 1.82) is 0 Å². The molecule has 1 N–H and O–H groups in total. The summed E-state index contributed by atoms with van der Waals surface area (Å²) in [7, 11) is 0. The third-order valence-electron chi connectivity index (χ3n) is 3.36. The van der Waals surface area contributed by atoms with E-state index in [1.54, 1.807) is 0 Å². The summed E-state index contributed by atoms with van der Waals surface area (Å²) in [5.41, 5.74) is 0. The highest BCUT2D eigenvalue weighted by Gasteiger charge is 2.30. The Morgan fingerprint density at radius 1 is 1.27 bits per heavy atom. The van der Waals surface area contributed by atoms with E-state index in [1.165, 1.54) is 12.8 Å². The quantitative estimate of drug-likeness (QED) is 0.618. The summed E-state index contributed by atoms with van der Waals surface area (Å²) >= 11 is 0. The van der Waals surface area contributed by atoms with Crippen molar-refractivity contribution in [1.82, 2.24) is 0 Å². The molecule has 1 aliphatic carbocycles. The molecule has 0 aromatic rings. The van der Waals surface area contributed by atoms with Gasteiger partial charge in [0, 0.05) is 0 Å². The molecule has 0 saturated heterocycles. The van der Waals surface area contributed by atoms with Gasteiger partial charge in [-0.05, 0) is 30.6 Å². The van der Waals surface area contributed by atoms with Crippen LogP contribution < -0.4 is 0 Å². The lowest BCUT2D eigenvalue weighted by Gasteiger charge is -2.35. The first-order valence-electron chi connectivity index (χ1n) is 4.83. The van der Waals surface area contributed by atoms with E-state index in [-0.39, 0.29) is 6.10 Å². The van der Waals surface area contributed by atoms with Crippen molar-refractivity contribution in [2.75, 3.05) is 0 Å². The molecule has 1 nitrogen and oxygen atoms in total. The number of aliphatic hydroxyl groups excluding tert-OH is 1. The SMILES string of the molecule is CCC1CC(C)[C@@H](C)[C@H](O)C1. The van der Waals surface area contributed by atoms with E-state index in [2.05, 4.69) is 20.8 Å². The first-order chi connectivity index (χ1) is 5.15. The fourth-order valence-corrected chi connectivity index (χ4v) is 2.11. The van der Waals surface area contributed by atoms with Crippen molar-refractivity contribution in [3.63, 3.8) is 0 Å². The normalized spacial score (nSPS) is 45.8. The highest BCUT2D eigenvalue weighted by molar-refractivity contribution is 4.80. The van der Waals surface area contributed by atoms with Crippen LogP contribution in [0.2, 0.25) is 0 Å². The summed E-state index contributed by atoms with van der Waals surface area (Å²) in [5, 5.41) is 9.65. The molecule has 0 radical (unpaired) electrons. The third kappa shape index (κ3) is 1.96. The van der Waals surface area contributed by atoms with Crippen molar-refractivity contribution in [2.24, 2.45) is 17.8 Å². The van der Waals surface area contributed by atoms with Crippen LogP contribution in [0.25, 0.3) is 0 Å². The summed E-state index contributed by atoms with van der Waals surface area (Å²) < 4.78 is 0. The average Bonchev–Trinajstić information content (AvgIpc) is 1.99. The molecule has 4 atom stereocenters. The molecule has 2 unspecified atom stereocenters. The van der Waals surface area contributed by atoms with E-state index in [0.29, 0.717) is 11.8 Å². The second-order valence-corrected chi connectivity index (χ2v) is 4.15. The largest absolute Gasteiger partial charge is 0.393 e. The number of hydrogen-bond donors (Lipinski definition) is 1. The van der Waals surface area contributed by atoms with Crippen LogP contribution >= 0.6 is 0 Å². The van der Waals surface area contributed by atoms with Gasteiger partial charge in [-0.3, -0.25) is 0 Å². The smallest absolute Gasteiger partial charge is 0.0570 e. The fraction of sp³-hybridized carbons (Fsp3) is 1.00. The predicted octanol–water partition coefficient (Wildman–Crippen LogP) is 2.44. The van der Waals surface area contributed by atoms with E-state index in [9.17, 15) is 5.11 Å². The van der Waals surface area contributed by atoms with Crippen LogP contribution in [-0.4, -0.2) is 11.2 Å². The van der Waals surface area contributed by atoms with Crippen LogP contribution in [0.15, 0.2) is 0 Å². The topological polar surface area (TPSA) is 20.2 Å². The summed E-state index contributed by atoms with van der Waals surface area (Å²) in [5.74, 6) is 2.00. The second-order valence-electron chi connectivity index (χ2n) is 4.15. The molecule has 0 aromatic carbocycles. The first-order valence-corrected chi connectivity index (χ1v) is 4.83. The van der Waals surface area contributed by atoms with Gasteiger partial charge in [-0.25, -0.2) is 0 Å². The van der Waals surface area contributed by atoms with Gasteiger partial charge < -0.3 is 5.11 Å². The molecule has 66 valence electrons. The molecule has 0 heterocycles. The van der Waals surface area contributed by atoms with E-state index >= 15 is 0 Å². The van der Waals surface area contributed by atoms with E-state index in [1.807, 2.05) is 0 Å². The van der Waals surface area contributed by atoms with Crippen LogP contribution in [0.5, 0.6) is 0 Å². The van der Waals surface area contributed by atoms with Gasteiger partial charge in [-0.1, -0.05) is 27.2 Å². The van der Waals surface area contributed by atoms with Gasteiger partial charge in [0.1, 0.15) is 0 Å². The molecule has 0 aromatic heterocycles. The molecule has 0 spiro atoms. The maximum atomic E-state index is 9.65. The first kappa shape index (κ1) is 9.05. The van der Waals surface area contributed by atoms with Crippen molar-refractivity contribution < 1.29 is 5.11 Å². The summed E-state index contributed by atoms with van der Waals surface area (Å²) in [6, 6.07) is 0. The number of aliphatic hydroxyl groups is 1. The molecule has 1 rings (SSSR count). The lowest BCUT2D eigenvalue weighted by molar-refractivity contribution is 0.0206. The van der Waals surface area contributed by atoms with Crippen LogP contribution in [0.4, 0.5) is 0 Å². The van der Waals surface area contributed by atoms with Gasteiger partial charge in [0.15, 0.2) is 0 Å². The van der Waals surface area contributed by atoms with Gasteiger partial charge >= 0.3 is 0 Å². The van der Waals surface area contributed by atoms with Crippen LogP contribution in [0.3, 0.4) is 0 Å². The van der Waals surface area contributed by atoms with Gasteiger partial charge in [0.05, 0.1) is 6.10 Å². The molecule has 11 heavy (non-hydrogen) atoms. The zero-order chi connectivity index (χ0) is 8.43. The highest BCUT2D eigenvalue weighted by Crippen LogP contribution is 2.34. The number of hydrogen-bond acceptors (Lipinski definition) is 1. The van der Waals surface area contributed by atoms with E-state index in [0.717, 1.165) is 12.3 Å². The predicted molar refractivity (Wildman–Crippen MR) is 47.3 cm³/mol. The minimum Gasteiger partial charge on any atom is -0.393 e. The van der Waals surface area contributed by atoms with Crippen molar-refractivity contribution >= 4 is 0 Å². The molecule has 1 aliphatic rings. The van der Waals surface area contributed by atoms with Gasteiger partial charge in [-0.15, -0.1) is 0 Å². The molecule has 1 fully saturated rings. The summed E-state index contributed by atoms with van der Waals surface area (Å²) in [4.78, 5) is 0. The Labute approximate surface area is 69.8 Å². The molecular formula is C10H20O. The van der Waals surface area contributed by atoms with Crippen LogP contribution in [0.1, 0.15) is 40.0 Å². The van der Waals surface area contributed by atoms with Crippen LogP contribution in [0, 0.1) is 17.8 Å². The zero-order valence-electron chi connectivity index (χ0n) is 7.88. The summed E-state index contributed by atoms with van der Waals surface area (Å²) in [6.07, 6.45) is 3.54. The van der Waals surface area contributed by atoms with Gasteiger partial charge in [0.2, 0.25) is 0 Å². The molecular weight excluding hydrogens is 136 g/mol. The minimum absolute atomic E-state index is 0.0382. The Morgan fingerprint density at radius 2 is 1.91 bits per heavy atom. The standard InChI is InChI=1S/C10H20O/c1-4-9-5-7(2)8(3)10(11)6-9/h7-11H,4-6H2,1-3H3/t7?,8-,9?,10-/m1/s1. The Balaban J connectivity index is 2.47. The van der Waals surface area contributed by atoms with E-state index < -0.39 is 0 Å². The molecule has 0 aliphatic heterocycles. The highest BCUT2D eigenvalue weighted by atomic mass is 16.3. The Kier molecular flexibility index (Phi) is 2.94. The van der Waals surface area contributed by atoms with Gasteiger partial charge in [0.25, 0.3) is 0 Å². The second kappa shape index (κ2) is 3.57. The molecule has 1 heteroatoms. The minimum atomic E-state index is -0.0382. The third-order valence-corrected chi connectivity index (χ3v) is 3.36. The Morgan fingerprint density at radius 3 is 2.36 bits per heavy atom. The maximum Gasteiger partial charge on any atom is 0.0570 e. The number of rotatable bonds is 1. The average molecular weight is 156 g/mol. The molecule has 1 saturated carbocycles. The Bertz CT molecular complexity index is 110. The Hall–Kier alpha value is -0.0400. The monoisotopic (exact) mass is 156 g/mol. The van der Waals surface area contributed by atoms with Crippen molar-refractivity contribution in [3.8, 4) is 0 Å².